The Balaban J connectivity index is 1.34. The van der Waals surface area contributed by atoms with Gasteiger partial charge in [0.25, 0.3) is 0 Å². The highest BCUT2D eigenvalue weighted by molar-refractivity contribution is 7.89. The van der Waals surface area contributed by atoms with Crippen LogP contribution in [0.5, 0.6) is 0 Å². The van der Waals surface area contributed by atoms with Crippen LogP contribution in [0.4, 0.5) is 5.82 Å². The van der Waals surface area contributed by atoms with E-state index in [1.165, 1.54) is 0 Å². The molecule has 9 heteroatoms. The number of hydrogen-bond donors (Lipinski definition) is 2. The summed E-state index contributed by atoms with van der Waals surface area (Å²) in [6.45, 7) is 1.03. The standard InChI is InChI=1S/C31H31N5O3S/c1-35-17-14-25-23(9-7-13-27(25)35)21-33-40(38,39)28-20-22-8-5-6-12-26(22)34-29(28)36-18-15-31(16-19-36,30(32)37)24-10-3-2-4-11-24/h2-14,17,20,33H,15-16,18-19,21H2,1H3,(H2,32,37). The van der Waals surface area contributed by atoms with Gasteiger partial charge in [0, 0.05) is 49.2 Å². The average Bonchev–Trinajstić information content (AvgIpc) is 3.37. The van der Waals surface area contributed by atoms with Crippen molar-refractivity contribution >= 4 is 43.6 Å². The molecule has 0 unspecified atom stereocenters. The number of aryl methyl sites for hydroxylation is 1. The summed E-state index contributed by atoms with van der Waals surface area (Å²) in [6.07, 6.45) is 2.89. The lowest BCUT2D eigenvalue weighted by Crippen LogP contribution is -2.50. The van der Waals surface area contributed by atoms with Crippen molar-refractivity contribution in [1.82, 2.24) is 14.3 Å². The number of para-hydroxylation sites is 1. The molecule has 204 valence electrons. The van der Waals surface area contributed by atoms with Crippen molar-refractivity contribution in [3.63, 3.8) is 0 Å². The second-order valence-corrected chi connectivity index (χ2v) is 12.1. The summed E-state index contributed by atoms with van der Waals surface area (Å²) in [6, 6.07) is 26.6. The van der Waals surface area contributed by atoms with Gasteiger partial charge in [0.1, 0.15) is 10.7 Å². The number of nitrogens with two attached hydrogens (primary N) is 1. The van der Waals surface area contributed by atoms with Crippen LogP contribution in [0.15, 0.2) is 96.0 Å². The number of nitrogens with one attached hydrogen (secondary N) is 1. The fourth-order valence-corrected chi connectivity index (χ4v) is 7.01. The Hall–Kier alpha value is -4.21. The molecule has 5 aromatic rings. The summed E-state index contributed by atoms with van der Waals surface area (Å²) < 4.78 is 32.5. The van der Waals surface area contributed by atoms with Gasteiger partial charge < -0.3 is 15.2 Å². The van der Waals surface area contributed by atoms with Gasteiger partial charge in [-0.1, -0.05) is 60.7 Å². The second-order valence-electron chi connectivity index (χ2n) is 10.4. The molecule has 0 saturated carbocycles. The molecule has 3 heterocycles. The predicted octanol–water partition coefficient (Wildman–Crippen LogP) is 4.23. The van der Waals surface area contributed by atoms with Crippen molar-refractivity contribution in [3.05, 3.63) is 102 Å². The SMILES string of the molecule is Cn1ccc2c(CNS(=O)(=O)c3cc4ccccc4nc3N3CCC(C(N)=O)(c4ccccc4)CC3)cccc21. The molecular weight excluding hydrogens is 522 g/mol. The van der Waals surface area contributed by atoms with Crippen LogP contribution in [0.1, 0.15) is 24.0 Å². The molecule has 0 spiro atoms. The summed E-state index contributed by atoms with van der Waals surface area (Å²) >= 11 is 0. The number of benzene rings is 3. The van der Waals surface area contributed by atoms with Crippen LogP contribution >= 0.6 is 0 Å². The van der Waals surface area contributed by atoms with Gasteiger partial charge >= 0.3 is 0 Å². The molecule has 0 bridgehead atoms. The Morgan fingerprint density at radius 2 is 1.70 bits per heavy atom. The molecule has 0 atom stereocenters. The minimum atomic E-state index is -3.94. The van der Waals surface area contributed by atoms with Crippen LogP contribution in [0, 0.1) is 0 Å². The number of nitrogens with zero attached hydrogens (tertiary/aromatic N) is 3. The third-order valence-corrected chi connectivity index (χ3v) is 9.55. The number of anilines is 1. The maximum absolute atomic E-state index is 13.9. The van der Waals surface area contributed by atoms with E-state index in [-0.39, 0.29) is 17.3 Å². The topological polar surface area (TPSA) is 110 Å². The Morgan fingerprint density at radius 3 is 2.45 bits per heavy atom. The van der Waals surface area contributed by atoms with Crippen LogP contribution in [0.25, 0.3) is 21.8 Å². The molecular formula is C31H31N5O3S. The van der Waals surface area contributed by atoms with Gasteiger partial charge in [-0.2, -0.15) is 0 Å². The fourth-order valence-electron chi connectivity index (χ4n) is 5.82. The number of aromatic nitrogens is 2. The Morgan fingerprint density at radius 1 is 0.975 bits per heavy atom. The molecule has 0 radical (unpaired) electrons. The first-order valence-electron chi connectivity index (χ1n) is 13.3. The number of amides is 1. The van der Waals surface area contributed by atoms with E-state index in [4.69, 9.17) is 10.7 Å². The van der Waals surface area contributed by atoms with Gasteiger partial charge in [0.15, 0.2) is 0 Å². The smallest absolute Gasteiger partial charge is 0.244 e. The van der Waals surface area contributed by atoms with Crippen molar-refractivity contribution in [3.8, 4) is 0 Å². The van der Waals surface area contributed by atoms with E-state index in [2.05, 4.69) is 4.72 Å². The van der Waals surface area contributed by atoms with Crippen LogP contribution in [-0.4, -0.2) is 37.0 Å². The lowest BCUT2D eigenvalue weighted by molar-refractivity contribution is -0.124. The van der Waals surface area contributed by atoms with Gasteiger partial charge in [0.05, 0.1) is 10.9 Å². The number of sulfonamides is 1. The molecule has 1 aliphatic heterocycles. The average molecular weight is 554 g/mol. The van der Waals surface area contributed by atoms with E-state index >= 15 is 0 Å². The van der Waals surface area contributed by atoms with Gasteiger partial charge in [-0.3, -0.25) is 4.79 Å². The molecule has 1 aliphatic rings. The number of carbonyl (C=O) groups is 1. The largest absolute Gasteiger partial charge is 0.369 e. The van der Waals surface area contributed by atoms with Crippen molar-refractivity contribution in [2.45, 2.75) is 29.7 Å². The van der Waals surface area contributed by atoms with Crippen molar-refractivity contribution < 1.29 is 13.2 Å². The van der Waals surface area contributed by atoms with E-state index < -0.39 is 15.4 Å². The maximum atomic E-state index is 13.9. The lowest BCUT2D eigenvalue weighted by atomic mass is 9.72. The molecule has 2 aromatic heterocycles. The molecule has 3 aromatic carbocycles. The summed E-state index contributed by atoms with van der Waals surface area (Å²) in [5, 5.41) is 1.74. The number of hydrogen-bond acceptors (Lipinski definition) is 5. The van der Waals surface area contributed by atoms with Gasteiger partial charge in [-0.05, 0) is 48.2 Å². The number of rotatable bonds is 7. The van der Waals surface area contributed by atoms with Crippen LogP contribution in [0.3, 0.4) is 0 Å². The van der Waals surface area contributed by atoms with E-state index in [0.29, 0.717) is 37.3 Å². The summed E-state index contributed by atoms with van der Waals surface area (Å²) in [5.41, 5.74) is 8.67. The summed E-state index contributed by atoms with van der Waals surface area (Å²) in [4.78, 5) is 19.6. The number of primary amides is 1. The monoisotopic (exact) mass is 553 g/mol. The maximum Gasteiger partial charge on any atom is 0.244 e. The molecule has 6 rings (SSSR count). The molecule has 3 N–H and O–H groups in total. The molecule has 8 nitrogen and oxygen atoms in total. The van der Waals surface area contributed by atoms with Crippen molar-refractivity contribution in [2.24, 2.45) is 12.8 Å². The minimum Gasteiger partial charge on any atom is -0.369 e. The van der Waals surface area contributed by atoms with Gasteiger partial charge in [-0.15, -0.1) is 0 Å². The third kappa shape index (κ3) is 4.51. The molecule has 40 heavy (non-hydrogen) atoms. The van der Waals surface area contributed by atoms with E-state index in [1.54, 1.807) is 6.07 Å². The third-order valence-electron chi connectivity index (χ3n) is 8.15. The Kier molecular flexibility index (Phi) is 6.56. The minimum absolute atomic E-state index is 0.123. The normalized spacial score (nSPS) is 15.5. The highest BCUT2D eigenvalue weighted by Gasteiger charge is 2.42. The molecule has 1 fully saturated rings. The lowest BCUT2D eigenvalue weighted by Gasteiger charge is -2.41. The highest BCUT2D eigenvalue weighted by Crippen LogP contribution is 2.38. The molecule has 1 saturated heterocycles. The Bertz CT molecular complexity index is 1820. The van der Waals surface area contributed by atoms with E-state index in [0.717, 1.165) is 27.4 Å². The first-order chi connectivity index (χ1) is 19.3. The van der Waals surface area contributed by atoms with Crippen LogP contribution in [-0.2, 0) is 33.8 Å². The second kappa shape index (κ2) is 10.1. The zero-order valence-electron chi connectivity index (χ0n) is 22.2. The zero-order valence-corrected chi connectivity index (χ0v) is 23.1. The first-order valence-corrected chi connectivity index (χ1v) is 14.8. The van der Waals surface area contributed by atoms with Crippen LogP contribution in [0.2, 0.25) is 0 Å². The quantitative estimate of drug-likeness (QED) is 0.314. The zero-order chi connectivity index (χ0) is 27.9. The molecule has 0 aliphatic carbocycles. The van der Waals surface area contributed by atoms with Gasteiger partial charge in [0.2, 0.25) is 15.9 Å². The number of carbonyl (C=O) groups excluding carboxylic acids is 1. The Labute approximate surface area is 233 Å². The summed E-state index contributed by atoms with van der Waals surface area (Å²) in [5.74, 6) is 0.0182. The number of piperidine rings is 1. The molecule has 1 amide bonds. The first kappa shape index (κ1) is 26.0. The number of fused-ring (bicyclic) bond motifs is 2. The summed E-state index contributed by atoms with van der Waals surface area (Å²) in [7, 11) is -1.98. The number of pyridine rings is 1. The van der Waals surface area contributed by atoms with Crippen molar-refractivity contribution in [1.29, 1.82) is 0 Å². The highest BCUT2D eigenvalue weighted by atomic mass is 32.2. The van der Waals surface area contributed by atoms with Gasteiger partial charge in [-0.25, -0.2) is 18.1 Å². The van der Waals surface area contributed by atoms with E-state index in [1.807, 2.05) is 102 Å². The van der Waals surface area contributed by atoms with Crippen molar-refractivity contribution in [2.75, 3.05) is 18.0 Å². The van der Waals surface area contributed by atoms with E-state index in [9.17, 15) is 13.2 Å². The predicted molar refractivity (Wildman–Crippen MR) is 157 cm³/mol. The van der Waals surface area contributed by atoms with Crippen LogP contribution < -0.4 is 15.4 Å². The fraction of sp³-hybridized carbons (Fsp3) is 0.226.